The number of nitrogens with zero attached hydrogens (tertiary/aromatic N) is 2. The monoisotopic (exact) mass is 505 g/mol. The van der Waals surface area contributed by atoms with Crippen LogP contribution in [0.2, 0.25) is 0 Å². The van der Waals surface area contributed by atoms with Crippen LogP contribution in [0.15, 0.2) is 41.3 Å². The number of hydrogen-bond donors (Lipinski definition) is 1. The number of imide groups is 1. The van der Waals surface area contributed by atoms with Crippen molar-refractivity contribution in [1.82, 2.24) is 4.90 Å². The highest BCUT2D eigenvalue weighted by Crippen LogP contribution is 2.46. The molecule has 7 heteroatoms. The summed E-state index contributed by atoms with van der Waals surface area (Å²) in [6.07, 6.45) is 2.83. The van der Waals surface area contributed by atoms with E-state index in [0.717, 1.165) is 39.8 Å². The van der Waals surface area contributed by atoms with Gasteiger partial charge in [-0.05, 0) is 112 Å². The Labute approximate surface area is 218 Å². The van der Waals surface area contributed by atoms with Gasteiger partial charge in [0.25, 0.3) is 11.1 Å². The lowest BCUT2D eigenvalue weighted by molar-refractivity contribution is -0.127. The van der Waals surface area contributed by atoms with E-state index < -0.39 is 17.1 Å². The van der Waals surface area contributed by atoms with Gasteiger partial charge in [-0.25, -0.2) is 0 Å². The van der Waals surface area contributed by atoms with Gasteiger partial charge in [0.1, 0.15) is 6.54 Å². The number of fused-ring (bicyclic) bond motifs is 1. The molecule has 0 unspecified atom stereocenters. The van der Waals surface area contributed by atoms with Crippen molar-refractivity contribution in [3.05, 3.63) is 63.6 Å². The molecule has 0 saturated carbocycles. The van der Waals surface area contributed by atoms with Crippen LogP contribution >= 0.6 is 11.8 Å². The number of benzene rings is 2. The fourth-order valence-corrected chi connectivity index (χ4v) is 6.40. The van der Waals surface area contributed by atoms with Gasteiger partial charge in [0.05, 0.1) is 4.91 Å². The molecule has 0 aliphatic carbocycles. The van der Waals surface area contributed by atoms with Gasteiger partial charge >= 0.3 is 0 Å². The number of thioether (sulfide) groups is 1. The maximum Gasteiger partial charge on any atom is 0.294 e. The van der Waals surface area contributed by atoms with Crippen LogP contribution in [-0.2, 0) is 9.59 Å². The second kappa shape index (κ2) is 9.77. The van der Waals surface area contributed by atoms with Crippen molar-refractivity contribution in [2.24, 2.45) is 0 Å². The van der Waals surface area contributed by atoms with E-state index in [-0.39, 0.29) is 12.1 Å². The molecule has 2 aromatic carbocycles. The van der Waals surface area contributed by atoms with Gasteiger partial charge in [-0.3, -0.25) is 19.3 Å². The Hall–Kier alpha value is -3.06. The van der Waals surface area contributed by atoms with E-state index in [1.54, 1.807) is 12.1 Å². The van der Waals surface area contributed by atoms with E-state index in [0.29, 0.717) is 22.6 Å². The van der Waals surface area contributed by atoms with E-state index in [4.69, 9.17) is 0 Å². The standard InChI is InChI=1S/C29H35N3O3S/c1-17(2)32-24-12-19(4)21(13-22(24)20(5)15-29(32,6)7)14-25-27(34)31(28(35)36-25)16-26(33)30-23-11-9-8-10-18(23)3/h8-14,17,20H,15-16H2,1-7H3,(H,30,33)/b25-14-/t20-/m0/s1. The van der Waals surface area contributed by atoms with Crippen LogP contribution in [0.1, 0.15) is 69.2 Å². The molecule has 1 saturated heterocycles. The SMILES string of the molecule is Cc1cc2c(cc1/C=C1\SC(=O)N(CC(=O)Nc3ccccc3C)C1=O)[C@@H](C)CC(C)(C)N2C(C)C. The number of rotatable bonds is 5. The average molecular weight is 506 g/mol. The smallest absolute Gasteiger partial charge is 0.294 e. The van der Waals surface area contributed by atoms with Crippen LogP contribution in [0.5, 0.6) is 0 Å². The lowest BCUT2D eigenvalue weighted by Gasteiger charge is -2.50. The summed E-state index contributed by atoms with van der Waals surface area (Å²) < 4.78 is 0. The molecule has 1 fully saturated rings. The summed E-state index contributed by atoms with van der Waals surface area (Å²) in [5.41, 5.74) is 6.11. The molecule has 0 bridgehead atoms. The summed E-state index contributed by atoms with van der Waals surface area (Å²) in [6.45, 7) is 14.9. The van der Waals surface area contributed by atoms with Gasteiger partial charge < -0.3 is 10.2 Å². The zero-order valence-corrected chi connectivity index (χ0v) is 23.0. The fourth-order valence-electron chi connectivity index (χ4n) is 5.57. The second-order valence-corrected chi connectivity index (χ2v) is 11.8. The van der Waals surface area contributed by atoms with E-state index in [1.807, 2.05) is 32.0 Å². The van der Waals surface area contributed by atoms with Crippen LogP contribution < -0.4 is 10.2 Å². The molecule has 0 spiro atoms. The minimum absolute atomic E-state index is 0.0516. The molecule has 1 N–H and O–H groups in total. The third-order valence-electron chi connectivity index (χ3n) is 7.06. The summed E-state index contributed by atoms with van der Waals surface area (Å²) in [5, 5.41) is 2.36. The Kier molecular flexibility index (Phi) is 7.06. The first kappa shape index (κ1) is 26.0. The largest absolute Gasteiger partial charge is 0.364 e. The summed E-state index contributed by atoms with van der Waals surface area (Å²) >= 11 is 0.888. The molecular formula is C29H35N3O3S. The molecule has 36 heavy (non-hydrogen) atoms. The maximum atomic E-state index is 13.1. The molecular weight excluding hydrogens is 470 g/mol. The van der Waals surface area contributed by atoms with Gasteiger partial charge in [0.2, 0.25) is 5.91 Å². The Bertz CT molecular complexity index is 1260. The van der Waals surface area contributed by atoms with Crippen molar-refractivity contribution < 1.29 is 14.4 Å². The Balaban J connectivity index is 1.58. The van der Waals surface area contributed by atoms with Crippen molar-refractivity contribution in [1.29, 1.82) is 0 Å². The summed E-state index contributed by atoms with van der Waals surface area (Å²) in [4.78, 5) is 42.2. The molecule has 2 heterocycles. The Morgan fingerprint density at radius 3 is 2.53 bits per heavy atom. The number of carbonyl (C=O) groups excluding carboxylic acids is 3. The summed E-state index contributed by atoms with van der Waals surface area (Å²) in [5.74, 6) is -0.457. The molecule has 0 aromatic heterocycles. The van der Waals surface area contributed by atoms with E-state index in [1.165, 1.54) is 11.3 Å². The predicted octanol–water partition coefficient (Wildman–Crippen LogP) is 6.48. The van der Waals surface area contributed by atoms with Gasteiger partial charge in [0.15, 0.2) is 0 Å². The molecule has 3 amide bonds. The highest BCUT2D eigenvalue weighted by Gasteiger charge is 2.39. The average Bonchev–Trinajstić information content (AvgIpc) is 3.03. The summed E-state index contributed by atoms with van der Waals surface area (Å²) in [7, 11) is 0. The highest BCUT2D eigenvalue weighted by atomic mass is 32.2. The quantitative estimate of drug-likeness (QED) is 0.471. The number of anilines is 2. The zero-order chi connectivity index (χ0) is 26.4. The van der Waals surface area contributed by atoms with Crippen molar-refractivity contribution in [2.75, 3.05) is 16.8 Å². The highest BCUT2D eigenvalue weighted by molar-refractivity contribution is 8.18. The van der Waals surface area contributed by atoms with Crippen LogP contribution in [0, 0.1) is 13.8 Å². The van der Waals surface area contributed by atoms with Crippen molar-refractivity contribution >= 4 is 46.3 Å². The van der Waals surface area contributed by atoms with Crippen molar-refractivity contribution in [3.63, 3.8) is 0 Å². The van der Waals surface area contributed by atoms with Gasteiger partial charge in [-0.15, -0.1) is 0 Å². The summed E-state index contributed by atoms with van der Waals surface area (Å²) in [6, 6.07) is 12.1. The third kappa shape index (κ3) is 4.94. The molecule has 0 radical (unpaired) electrons. The first-order valence-corrected chi connectivity index (χ1v) is 13.3. The third-order valence-corrected chi connectivity index (χ3v) is 7.97. The van der Waals surface area contributed by atoms with Crippen molar-refractivity contribution in [2.45, 2.75) is 72.4 Å². The molecule has 2 aliphatic rings. The molecule has 2 aromatic rings. The Morgan fingerprint density at radius 2 is 1.86 bits per heavy atom. The molecule has 1 atom stereocenters. The topological polar surface area (TPSA) is 69.7 Å². The minimum atomic E-state index is -0.431. The van der Waals surface area contributed by atoms with Gasteiger partial charge in [-0.1, -0.05) is 25.1 Å². The van der Waals surface area contributed by atoms with Crippen LogP contribution in [0.25, 0.3) is 6.08 Å². The number of hydrogen-bond acceptors (Lipinski definition) is 5. The lowest BCUT2D eigenvalue weighted by Crippen LogP contribution is -2.51. The fraction of sp³-hybridized carbons (Fsp3) is 0.414. The molecule has 2 aliphatic heterocycles. The van der Waals surface area contributed by atoms with E-state index in [9.17, 15) is 14.4 Å². The normalized spacial score (nSPS) is 20.3. The first-order valence-electron chi connectivity index (χ1n) is 12.4. The van der Waals surface area contributed by atoms with Crippen molar-refractivity contribution in [3.8, 4) is 0 Å². The molecule has 190 valence electrons. The van der Waals surface area contributed by atoms with Crippen LogP contribution in [0.3, 0.4) is 0 Å². The lowest BCUT2D eigenvalue weighted by atomic mass is 9.78. The van der Waals surface area contributed by atoms with Gasteiger partial charge in [0, 0.05) is 23.0 Å². The maximum absolute atomic E-state index is 13.1. The minimum Gasteiger partial charge on any atom is -0.364 e. The Morgan fingerprint density at radius 1 is 1.17 bits per heavy atom. The molecule has 6 nitrogen and oxygen atoms in total. The number of amides is 3. The zero-order valence-electron chi connectivity index (χ0n) is 22.1. The second-order valence-electron chi connectivity index (χ2n) is 10.8. The van der Waals surface area contributed by atoms with Crippen LogP contribution in [0.4, 0.5) is 16.2 Å². The molecule has 4 rings (SSSR count). The number of carbonyl (C=O) groups is 3. The number of aryl methyl sites for hydroxylation is 2. The predicted molar refractivity (Wildman–Crippen MR) is 148 cm³/mol. The first-order chi connectivity index (χ1) is 16.9. The number of para-hydroxylation sites is 1. The van der Waals surface area contributed by atoms with Gasteiger partial charge in [-0.2, -0.15) is 0 Å². The van der Waals surface area contributed by atoms with E-state index >= 15 is 0 Å². The van der Waals surface area contributed by atoms with Crippen LogP contribution in [-0.4, -0.2) is 40.1 Å². The number of nitrogens with one attached hydrogen (secondary N) is 1. The van der Waals surface area contributed by atoms with E-state index in [2.05, 4.69) is 57.0 Å².